The van der Waals surface area contributed by atoms with Crippen LogP contribution in [-0.4, -0.2) is 13.6 Å². The molecule has 0 fully saturated rings. The van der Waals surface area contributed by atoms with Gasteiger partial charge in [-0.15, -0.1) is 0 Å². The molecule has 21 heavy (non-hydrogen) atoms. The summed E-state index contributed by atoms with van der Waals surface area (Å²) in [6.45, 7) is 0.722. The van der Waals surface area contributed by atoms with Crippen LogP contribution >= 0.6 is 0 Å². The van der Waals surface area contributed by atoms with Gasteiger partial charge in [-0.25, -0.2) is 4.39 Å². The van der Waals surface area contributed by atoms with E-state index >= 15 is 0 Å². The number of rotatable bonds is 3. The van der Waals surface area contributed by atoms with Gasteiger partial charge in [-0.1, -0.05) is 6.07 Å². The van der Waals surface area contributed by atoms with Crippen molar-refractivity contribution in [2.75, 3.05) is 18.5 Å². The van der Waals surface area contributed by atoms with E-state index in [1.807, 2.05) is 7.05 Å². The second kappa shape index (κ2) is 5.86. The molecule has 0 aromatic heterocycles. The standard InChI is InChI=1S/C18H21FN2/c1-21(16-7-5-15(19)6-8-16)17-9-10-18-13(11-17)3-2-4-14(18)12-20/h5-11,14H,2-4,12,20H2,1H3/t14-/m0/s1. The van der Waals surface area contributed by atoms with Gasteiger partial charge in [-0.2, -0.15) is 0 Å². The van der Waals surface area contributed by atoms with Crippen LogP contribution in [0.2, 0.25) is 0 Å². The van der Waals surface area contributed by atoms with Gasteiger partial charge in [0.05, 0.1) is 0 Å². The first-order chi connectivity index (χ1) is 10.2. The molecule has 0 radical (unpaired) electrons. The third-order valence-electron chi connectivity index (χ3n) is 4.45. The number of nitrogens with two attached hydrogens (primary N) is 1. The third kappa shape index (κ3) is 2.79. The molecule has 0 saturated heterocycles. The van der Waals surface area contributed by atoms with Crippen LogP contribution in [0.1, 0.15) is 29.9 Å². The Bertz CT molecular complexity index is 622. The average molecular weight is 284 g/mol. The molecule has 0 heterocycles. The highest BCUT2D eigenvalue weighted by atomic mass is 19.1. The second-order valence-electron chi connectivity index (χ2n) is 5.74. The first kappa shape index (κ1) is 14.1. The molecule has 0 aliphatic heterocycles. The Morgan fingerprint density at radius 1 is 1.14 bits per heavy atom. The van der Waals surface area contributed by atoms with Gasteiger partial charge >= 0.3 is 0 Å². The average Bonchev–Trinajstić information content (AvgIpc) is 2.53. The maximum absolute atomic E-state index is 13.0. The van der Waals surface area contributed by atoms with Crippen LogP contribution in [0, 0.1) is 5.82 Å². The molecule has 110 valence electrons. The van der Waals surface area contributed by atoms with Crippen molar-refractivity contribution in [1.82, 2.24) is 0 Å². The molecule has 2 nitrogen and oxygen atoms in total. The van der Waals surface area contributed by atoms with Gasteiger partial charge in [0.2, 0.25) is 0 Å². The van der Waals surface area contributed by atoms with E-state index in [0.717, 1.165) is 24.3 Å². The lowest BCUT2D eigenvalue weighted by molar-refractivity contribution is 0.561. The molecule has 0 saturated carbocycles. The number of fused-ring (bicyclic) bond motifs is 1. The van der Waals surface area contributed by atoms with Crippen LogP contribution in [0.25, 0.3) is 0 Å². The zero-order chi connectivity index (χ0) is 14.8. The Balaban J connectivity index is 1.91. The second-order valence-corrected chi connectivity index (χ2v) is 5.74. The summed E-state index contributed by atoms with van der Waals surface area (Å²) in [4.78, 5) is 2.09. The zero-order valence-electron chi connectivity index (χ0n) is 12.3. The quantitative estimate of drug-likeness (QED) is 0.924. The van der Waals surface area contributed by atoms with Crippen molar-refractivity contribution in [3.05, 3.63) is 59.4 Å². The Morgan fingerprint density at radius 2 is 1.86 bits per heavy atom. The summed E-state index contributed by atoms with van der Waals surface area (Å²) in [6, 6.07) is 13.2. The van der Waals surface area contributed by atoms with Crippen LogP contribution in [0.5, 0.6) is 0 Å². The topological polar surface area (TPSA) is 29.3 Å². The van der Waals surface area contributed by atoms with E-state index in [1.165, 1.54) is 36.1 Å². The van der Waals surface area contributed by atoms with Crippen molar-refractivity contribution in [1.29, 1.82) is 0 Å². The molecular formula is C18H21FN2. The maximum Gasteiger partial charge on any atom is 0.123 e. The minimum Gasteiger partial charge on any atom is -0.345 e. The summed E-state index contributed by atoms with van der Waals surface area (Å²) in [5, 5.41) is 0. The number of benzene rings is 2. The summed E-state index contributed by atoms with van der Waals surface area (Å²) >= 11 is 0. The maximum atomic E-state index is 13.0. The number of halogens is 1. The highest BCUT2D eigenvalue weighted by Gasteiger charge is 2.19. The Morgan fingerprint density at radius 3 is 2.57 bits per heavy atom. The molecule has 2 aromatic carbocycles. The minimum absolute atomic E-state index is 0.205. The predicted molar refractivity (Wildman–Crippen MR) is 85.6 cm³/mol. The molecule has 1 aliphatic rings. The van der Waals surface area contributed by atoms with Gasteiger partial charge in [0.15, 0.2) is 0 Å². The van der Waals surface area contributed by atoms with E-state index in [2.05, 4.69) is 23.1 Å². The molecule has 3 rings (SSSR count). The van der Waals surface area contributed by atoms with Crippen LogP contribution < -0.4 is 10.6 Å². The van der Waals surface area contributed by atoms with Crippen molar-refractivity contribution in [2.45, 2.75) is 25.2 Å². The highest BCUT2D eigenvalue weighted by molar-refractivity contribution is 5.64. The normalized spacial score (nSPS) is 17.4. The Labute approximate surface area is 125 Å². The third-order valence-corrected chi connectivity index (χ3v) is 4.45. The highest BCUT2D eigenvalue weighted by Crippen LogP contribution is 2.34. The van der Waals surface area contributed by atoms with Crippen LogP contribution in [0.3, 0.4) is 0 Å². The monoisotopic (exact) mass is 284 g/mol. The van der Waals surface area contributed by atoms with Gasteiger partial charge in [0, 0.05) is 18.4 Å². The molecular weight excluding hydrogens is 263 g/mol. The summed E-state index contributed by atoms with van der Waals surface area (Å²) in [6.07, 6.45) is 3.52. The van der Waals surface area contributed by atoms with Crippen molar-refractivity contribution < 1.29 is 4.39 Å². The Kier molecular flexibility index (Phi) is 3.93. The number of aryl methyl sites for hydroxylation is 1. The van der Waals surface area contributed by atoms with E-state index in [9.17, 15) is 4.39 Å². The molecule has 0 bridgehead atoms. The van der Waals surface area contributed by atoms with Crippen molar-refractivity contribution in [3.63, 3.8) is 0 Å². The fraction of sp³-hybridized carbons (Fsp3) is 0.333. The molecule has 1 aliphatic carbocycles. The van der Waals surface area contributed by atoms with Gasteiger partial charge in [-0.05, 0) is 79.3 Å². The summed E-state index contributed by atoms with van der Waals surface area (Å²) < 4.78 is 13.0. The first-order valence-electron chi connectivity index (χ1n) is 7.51. The van der Waals surface area contributed by atoms with E-state index < -0.39 is 0 Å². The van der Waals surface area contributed by atoms with Crippen LogP contribution in [-0.2, 0) is 6.42 Å². The molecule has 0 amide bonds. The lowest BCUT2D eigenvalue weighted by Crippen LogP contribution is -2.19. The van der Waals surface area contributed by atoms with E-state index in [0.29, 0.717) is 5.92 Å². The molecule has 1 atom stereocenters. The fourth-order valence-corrected chi connectivity index (χ4v) is 3.17. The lowest BCUT2D eigenvalue weighted by atomic mass is 9.82. The van der Waals surface area contributed by atoms with Crippen LogP contribution in [0.4, 0.5) is 15.8 Å². The van der Waals surface area contributed by atoms with E-state index in [-0.39, 0.29) is 5.82 Å². The molecule has 2 N–H and O–H groups in total. The first-order valence-corrected chi connectivity index (χ1v) is 7.51. The number of nitrogens with zero attached hydrogens (tertiary/aromatic N) is 1. The minimum atomic E-state index is -0.205. The number of anilines is 2. The summed E-state index contributed by atoms with van der Waals surface area (Å²) in [5.74, 6) is 0.294. The number of hydrogen-bond acceptors (Lipinski definition) is 2. The largest absolute Gasteiger partial charge is 0.345 e. The van der Waals surface area contributed by atoms with Gasteiger partial charge < -0.3 is 10.6 Å². The SMILES string of the molecule is CN(c1ccc(F)cc1)c1ccc2c(c1)CCC[C@H]2CN. The zero-order valence-corrected chi connectivity index (χ0v) is 12.3. The summed E-state index contributed by atoms with van der Waals surface area (Å²) in [5.41, 5.74) is 10.8. The number of hydrogen-bond donors (Lipinski definition) is 1. The van der Waals surface area contributed by atoms with Crippen LogP contribution in [0.15, 0.2) is 42.5 Å². The molecule has 0 unspecified atom stereocenters. The van der Waals surface area contributed by atoms with Crippen molar-refractivity contribution in [2.24, 2.45) is 5.73 Å². The van der Waals surface area contributed by atoms with Gasteiger partial charge in [-0.3, -0.25) is 0 Å². The lowest BCUT2D eigenvalue weighted by Gasteiger charge is -2.27. The van der Waals surface area contributed by atoms with Crippen molar-refractivity contribution in [3.8, 4) is 0 Å². The van der Waals surface area contributed by atoms with Crippen molar-refractivity contribution >= 4 is 11.4 Å². The van der Waals surface area contributed by atoms with Gasteiger partial charge in [0.1, 0.15) is 5.82 Å². The smallest absolute Gasteiger partial charge is 0.123 e. The molecule has 0 spiro atoms. The van der Waals surface area contributed by atoms with E-state index in [4.69, 9.17) is 5.73 Å². The Hall–Kier alpha value is -1.87. The predicted octanol–water partition coefficient (Wildman–Crippen LogP) is 3.97. The molecule has 2 aromatic rings. The van der Waals surface area contributed by atoms with Gasteiger partial charge in [0.25, 0.3) is 0 Å². The summed E-state index contributed by atoms with van der Waals surface area (Å²) in [7, 11) is 2.01. The molecule has 3 heteroatoms. The fourth-order valence-electron chi connectivity index (χ4n) is 3.17. The van der Waals surface area contributed by atoms with E-state index in [1.54, 1.807) is 12.1 Å².